The Kier molecular flexibility index (Phi) is 3.90. The van der Waals surface area contributed by atoms with E-state index in [1.165, 1.54) is 11.0 Å². The van der Waals surface area contributed by atoms with Crippen LogP contribution in [0.1, 0.15) is 12.8 Å². The lowest BCUT2D eigenvalue weighted by Crippen LogP contribution is -2.42. The fraction of sp³-hybridized carbons (Fsp3) is 0.333. The molecule has 1 aliphatic rings. The molecule has 2 amide bonds. The Morgan fingerprint density at radius 3 is 2.79 bits per heavy atom. The van der Waals surface area contributed by atoms with Gasteiger partial charge in [0.15, 0.2) is 0 Å². The van der Waals surface area contributed by atoms with Gasteiger partial charge in [0.05, 0.1) is 0 Å². The van der Waals surface area contributed by atoms with Crippen LogP contribution in [-0.2, 0) is 4.79 Å². The van der Waals surface area contributed by atoms with Gasteiger partial charge in [-0.1, -0.05) is 11.6 Å². The van der Waals surface area contributed by atoms with Gasteiger partial charge < -0.3 is 15.3 Å². The molecule has 1 aromatic rings. The molecule has 1 heterocycles. The molecule has 1 atom stereocenters. The normalized spacial score (nSPS) is 18.4. The first kappa shape index (κ1) is 13.6. The first-order valence-electron chi connectivity index (χ1n) is 5.74. The molecular formula is C12H12ClFN2O3. The lowest BCUT2D eigenvalue weighted by atomic mass is 10.2. The van der Waals surface area contributed by atoms with Crippen molar-refractivity contribution < 1.29 is 19.1 Å². The van der Waals surface area contributed by atoms with Crippen LogP contribution in [0, 0.1) is 5.82 Å². The molecule has 1 saturated heterocycles. The Balaban J connectivity index is 2.10. The maximum absolute atomic E-state index is 13.1. The summed E-state index contributed by atoms with van der Waals surface area (Å²) in [7, 11) is 0. The summed E-state index contributed by atoms with van der Waals surface area (Å²) in [6.45, 7) is 0.367. The quantitative estimate of drug-likeness (QED) is 0.878. The summed E-state index contributed by atoms with van der Waals surface area (Å²) in [6.07, 6.45) is 1.06. The average molecular weight is 287 g/mol. The van der Waals surface area contributed by atoms with Crippen LogP contribution in [0.5, 0.6) is 0 Å². The molecule has 2 rings (SSSR count). The number of halogens is 2. The minimum absolute atomic E-state index is 0.159. The van der Waals surface area contributed by atoms with Crippen molar-refractivity contribution in [2.75, 3.05) is 11.9 Å². The number of nitrogens with one attached hydrogen (secondary N) is 1. The molecule has 2 N–H and O–H groups in total. The number of carboxylic acid groups (broad SMARTS) is 1. The van der Waals surface area contributed by atoms with Crippen LogP contribution in [0.15, 0.2) is 18.2 Å². The highest BCUT2D eigenvalue weighted by atomic mass is 35.5. The molecule has 19 heavy (non-hydrogen) atoms. The third kappa shape index (κ3) is 3.14. The highest BCUT2D eigenvalue weighted by molar-refractivity contribution is 6.30. The molecular weight excluding hydrogens is 275 g/mol. The number of hydrogen-bond acceptors (Lipinski definition) is 2. The van der Waals surface area contributed by atoms with Crippen molar-refractivity contribution in [1.29, 1.82) is 0 Å². The molecule has 0 aromatic heterocycles. The minimum Gasteiger partial charge on any atom is -0.480 e. The Hall–Kier alpha value is -1.82. The van der Waals surface area contributed by atoms with E-state index in [0.717, 1.165) is 12.1 Å². The number of carbonyl (C=O) groups is 2. The third-order valence-corrected chi connectivity index (χ3v) is 3.13. The van der Waals surface area contributed by atoms with Crippen molar-refractivity contribution >= 4 is 29.3 Å². The summed E-state index contributed by atoms with van der Waals surface area (Å²) in [5.74, 6) is -1.61. The van der Waals surface area contributed by atoms with Crippen LogP contribution in [-0.4, -0.2) is 34.6 Å². The predicted octanol–water partition coefficient (Wildman–Crippen LogP) is 2.56. The van der Waals surface area contributed by atoms with E-state index in [0.29, 0.717) is 19.4 Å². The molecule has 7 heteroatoms. The third-order valence-electron chi connectivity index (χ3n) is 2.91. The van der Waals surface area contributed by atoms with E-state index < -0.39 is 23.9 Å². The number of urea groups is 1. The van der Waals surface area contributed by atoms with Crippen molar-refractivity contribution in [3.05, 3.63) is 29.0 Å². The number of likely N-dealkylation sites (tertiary alicyclic amines) is 1. The van der Waals surface area contributed by atoms with E-state index in [2.05, 4.69) is 5.32 Å². The van der Waals surface area contributed by atoms with E-state index in [1.807, 2.05) is 0 Å². The summed E-state index contributed by atoms with van der Waals surface area (Å²) >= 11 is 5.67. The van der Waals surface area contributed by atoms with E-state index in [4.69, 9.17) is 16.7 Å². The maximum atomic E-state index is 13.1. The maximum Gasteiger partial charge on any atom is 0.326 e. The summed E-state index contributed by atoms with van der Waals surface area (Å²) in [5.41, 5.74) is 0.200. The number of amides is 2. The van der Waals surface area contributed by atoms with Crippen molar-refractivity contribution in [1.82, 2.24) is 4.90 Å². The summed E-state index contributed by atoms with van der Waals surface area (Å²) in [6, 6.07) is 2.24. The number of benzene rings is 1. The van der Waals surface area contributed by atoms with Gasteiger partial charge in [-0.3, -0.25) is 0 Å². The fourth-order valence-corrected chi connectivity index (χ4v) is 2.31. The molecule has 102 valence electrons. The molecule has 1 aromatic carbocycles. The molecule has 0 saturated carbocycles. The minimum atomic E-state index is -1.04. The largest absolute Gasteiger partial charge is 0.480 e. The van der Waals surface area contributed by atoms with Crippen molar-refractivity contribution in [2.45, 2.75) is 18.9 Å². The zero-order valence-corrected chi connectivity index (χ0v) is 10.7. The van der Waals surface area contributed by atoms with Crippen LogP contribution < -0.4 is 5.32 Å². The van der Waals surface area contributed by atoms with Crippen LogP contribution >= 0.6 is 11.6 Å². The topological polar surface area (TPSA) is 69.6 Å². The van der Waals surface area contributed by atoms with Crippen molar-refractivity contribution in [3.8, 4) is 0 Å². The van der Waals surface area contributed by atoms with Gasteiger partial charge in [-0.25, -0.2) is 14.0 Å². The number of hydrogen-bond donors (Lipinski definition) is 2. The summed E-state index contributed by atoms with van der Waals surface area (Å²) < 4.78 is 13.1. The molecule has 5 nitrogen and oxygen atoms in total. The Labute approximate surface area is 114 Å². The van der Waals surface area contributed by atoms with E-state index in [-0.39, 0.29) is 10.7 Å². The molecule has 0 unspecified atom stereocenters. The highest BCUT2D eigenvalue weighted by Crippen LogP contribution is 2.21. The van der Waals surface area contributed by atoms with Crippen LogP contribution in [0.2, 0.25) is 5.02 Å². The number of rotatable bonds is 2. The highest BCUT2D eigenvalue weighted by Gasteiger charge is 2.33. The Morgan fingerprint density at radius 2 is 2.16 bits per heavy atom. The molecule has 1 fully saturated rings. The van der Waals surface area contributed by atoms with Crippen LogP contribution in [0.25, 0.3) is 0 Å². The monoisotopic (exact) mass is 286 g/mol. The standard InChI is InChI=1S/C12H12ClFN2O3/c13-7-4-8(14)6-9(5-7)15-12(19)16-3-1-2-10(16)11(17)18/h4-6,10H,1-3H2,(H,15,19)(H,17,18)/t10-/m0/s1. The first-order valence-corrected chi connectivity index (χ1v) is 6.11. The number of aliphatic carboxylic acids is 1. The second kappa shape index (κ2) is 5.44. The van der Waals surface area contributed by atoms with Gasteiger partial charge >= 0.3 is 12.0 Å². The molecule has 0 radical (unpaired) electrons. The smallest absolute Gasteiger partial charge is 0.326 e. The lowest BCUT2D eigenvalue weighted by molar-refractivity contribution is -0.141. The average Bonchev–Trinajstić information content (AvgIpc) is 2.75. The van der Waals surface area contributed by atoms with Gasteiger partial charge in [0.25, 0.3) is 0 Å². The van der Waals surface area contributed by atoms with E-state index >= 15 is 0 Å². The Morgan fingerprint density at radius 1 is 1.42 bits per heavy atom. The SMILES string of the molecule is O=C(O)[C@@H]1CCCN1C(=O)Nc1cc(F)cc(Cl)c1. The predicted molar refractivity (Wildman–Crippen MR) is 67.8 cm³/mol. The Bertz CT molecular complexity index is 503. The number of carboxylic acids is 1. The molecule has 1 aliphatic heterocycles. The van der Waals surface area contributed by atoms with Crippen molar-refractivity contribution in [3.63, 3.8) is 0 Å². The number of nitrogens with zero attached hydrogens (tertiary/aromatic N) is 1. The van der Waals surface area contributed by atoms with Gasteiger partial charge in [0.2, 0.25) is 0 Å². The van der Waals surface area contributed by atoms with Gasteiger partial charge in [0.1, 0.15) is 11.9 Å². The van der Waals surface area contributed by atoms with E-state index in [1.54, 1.807) is 0 Å². The van der Waals surface area contributed by atoms with Crippen molar-refractivity contribution in [2.24, 2.45) is 0 Å². The second-order valence-corrected chi connectivity index (χ2v) is 4.71. The van der Waals surface area contributed by atoms with Crippen LogP contribution in [0.4, 0.5) is 14.9 Å². The van der Waals surface area contributed by atoms with Gasteiger partial charge in [-0.2, -0.15) is 0 Å². The summed E-state index contributed by atoms with van der Waals surface area (Å²) in [5, 5.41) is 11.6. The number of carbonyl (C=O) groups excluding carboxylic acids is 1. The zero-order valence-electron chi connectivity index (χ0n) is 9.90. The first-order chi connectivity index (χ1) is 8.97. The molecule has 0 bridgehead atoms. The molecule has 0 spiro atoms. The van der Waals surface area contributed by atoms with Gasteiger partial charge in [0, 0.05) is 17.3 Å². The summed E-state index contributed by atoms with van der Waals surface area (Å²) in [4.78, 5) is 24.1. The van der Waals surface area contributed by atoms with Crippen LogP contribution in [0.3, 0.4) is 0 Å². The zero-order chi connectivity index (χ0) is 14.0. The van der Waals surface area contributed by atoms with Gasteiger partial charge in [-0.15, -0.1) is 0 Å². The second-order valence-electron chi connectivity index (χ2n) is 4.28. The fourth-order valence-electron chi connectivity index (χ4n) is 2.09. The van der Waals surface area contributed by atoms with Gasteiger partial charge in [-0.05, 0) is 31.0 Å². The molecule has 0 aliphatic carbocycles. The number of anilines is 1. The van der Waals surface area contributed by atoms with E-state index in [9.17, 15) is 14.0 Å². The lowest BCUT2D eigenvalue weighted by Gasteiger charge is -2.21.